The third kappa shape index (κ3) is 1.06. The van der Waals surface area contributed by atoms with Gasteiger partial charge in [0.2, 0.25) is 0 Å². The van der Waals surface area contributed by atoms with Crippen LogP contribution in [0, 0.1) is 0 Å². The monoisotopic (exact) mass is 223 g/mol. The van der Waals surface area contributed by atoms with Crippen molar-refractivity contribution in [3.05, 3.63) is 45.2 Å². The fourth-order valence-electron chi connectivity index (χ4n) is 1.15. The van der Waals surface area contributed by atoms with Gasteiger partial charge in [0.25, 0.3) is 5.56 Å². The smallest absolute Gasteiger partial charge is 0.263 e. The molecule has 0 unspecified atom stereocenters. The highest BCUT2D eigenvalue weighted by Crippen LogP contribution is 2.24. The third-order valence-corrected chi connectivity index (χ3v) is 2.51. The summed E-state index contributed by atoms with van der Waals surface area (Å²) < 4.78 is 0.605. The second-order valence-corrected chi connectivity index (χ2v) is 3.30. The lowest BCUT2D eigenvalue weighted by Crippen LogP contribution is -1.96. The molecule has 0 radical (unpaired) electrons. The number of fused-ring (bicyclic) bond motifs is 1. The van der Waals surface area contributed by atoms with Crippen LogP contribution in [0.3, 0.4) is 0 Å². The number of hydrogen-bond donors (Lipinski definition) is 1. The van der Waals surface area contributed by atoms with Gasteiger partial charge < -0.3 is 4.98 Å². The Morgan fingerprint density at radius 3 is 2.75 bits per heavy atom. The third-order valence-electron chi connectivity index (χ3n) is 1.72. The van der Waals surface area contributed by atoms with Crippen molar-refractivity contribution >= 4 is 15.9 Å². The highest BCUT2D eigenvalue weighted by molar-refractivity contribution is 9.10. The van der Waals surface area contributed by atoms with Gasteiger partial charge in [0.1, 0.15) is 0 Å². The van der Waals surface area contributed by atoms with Crippen molar-refractivity contribution in [3.8, 4) is 11.3 Å². The average molecular weight is 224 g/mol. The van der Waals surface area contributed by atoms with Crippen molar-refractivity contribution in [1.82, 2.24) is 4.98 Å². The second kappa shape index (κ2) is 2.75. The van der Waals surface area contributed by atoms with Crippen LogP contribution in [0.4, 0.5) is 0 Å². The van der Waals surface area contributed by atoms with E-state index in [1.165, 1.54) is 0 Å². The molecule has 0 saturated heterocycles. The standard InChI is InChI=1S/C9H6BrNO/c10-8-6-4-2-1-3-5-7(6)11-9(8)12/h1-5H,(H,11,12). The Hall–Kier alpha value is -1.09. The minimum Gasteiger partial charge on any atom is -0.321 e. The molecule has 2 aliphatic rings. The van der Waals surface area contributed by atoms with Gasteiger partial charge in [-0.1, -0.05) is 24.3 Å². The van der Waals surface area contributed by atoms with Gasteiger partial charge in [-0.2, -0.15) is 0 Å². The maximum Gasteiger partial charge on any atom is 0.263 e. The number of nitrogens with one attached hydrogen (secondary N) is 1. The zero-order valence-corrected chi connectivity index (χ0v) is 7.76. The molecule has 12 heavy (non-hydrogen) atoms. The Morgan fingerprint density at radius 2 is 1.92 bits per heavy atom. The molecule has 0 bridgehead atoms. The molecular formula is C9H6BrNO. The lowest BCUT2D eigenvalue weighted by molar-refractivity contribution is 1.32. The van der Waals surface area contributed by atoms with Gasteiger partial charge in [-0.15, -0.1) is 0 Å². The summed E-state index contributed by atoms with van der Waals surface area (Å²) in [4.78, 5) is 13.9. The summed E-state index contributed by atoms with van der Waals surface area (Å²) in [7, 11) is 0. The number of hydrogen-bond acceptors (Lipinski definition) is 1. The maximum absolute atomic E-state index is 11.1. The Kier molecular flexibility index (Phi) is 1.73. The van der Waals surface area contributed by atoms with Crippen molar-refractivity contribution in [2.45, 2.75) is 0 Å². The predicted octanol–water partition coefficient (Wildman–Crippen LogP) is 2.24. The van der Waals surface area contributed by atoms with Gasteiger partial charge in [-0.3, -0.25) is 4.79 Å². The molecule has 60 valence electrons. The molecule has 0 aromatic heterocycles. The van der Waals surface area contributed by atoms with Gasteiger partial charge in [-0.25, -0.2) is 0 Å². The first-order valence-electron chi connectivity index (χ1n) is 3.55. The number of aromatic amines is 1. The quantitative estimate of drug-likeness (QED) is 0.731. The highest BCUT2D eigenvalue weighted by Gasteiger charge is 2.09. The minimum absolute atomic E-state index is 0.0730. The normalized spacial score (nSPS) is 10.4. The molecule has 1 N–H and O–H groups in total. The molecule has 3 heteroatoms. The molecular weight excluding hydrogens is 218 g/mol. The minimum atomic E-state index is -0.0730. The molecule has 2 nitrogen and oxygen atoms in total. The Labute approximate surface area is 77.7 Å². The van der Waals surface area contributed by atoms with Crippen LogP contribution in [0.1, 0.15) is 0 Å². The predicted molar refractivity (Wildman–Crippen MR) is 51.4 cm³/mol. The summed E-state index contributed by atoms with van der Waals surface area (Å²) >= 11 is 3.23. The molecule has 0 aromatic carbocycles. The van der Waals surface area contributed by atoms with Crippen LogP contribution >= 0.6 is 15.9 Å². The van der Waals surface area contributed by atoms with Crippen LogP contribution in [0.25, 0.3) is 11.3 Å². The summed E-state index contributed by atoms with van der Waals surface area (Å²) in [6, 6.07) is 9.49. The topological polar surface area (TPSA) is 32.9 Å². The molecule has 0 amide bonds. The van der Waals surface area contributed by atoms with Gasteiger partial charge >= 0.3 is 0 Å². The van der Waals surface area contributed by atoms with Crippen molar-refractivity contribution in [2.75, 3.05) is 0 Å². The fourth-order valence-corrected chi connectivity index (χ4v) is 1.59. The molecule has 0 fully saturated rings. The number of rotatable bonds is 0. The first-order chi connectivity index (χ1) is 5.79. The maximum atomic E-state index is 11.1. The van der Waals surface area contributed by atoms with E-state index in [9.17, 15) is 4.79 Å². The number of H-pyrrole nitrogens is 1. The number of aromatic nitrogens is 1. The average Bonchev–Trinajstić information content (AvgIpc) is 2.30. The van der Waals surface area contributed by atoms with E-state index in [4.69, 9.17) is 0 Å². The van der Waals surface area contributed by atoms with Crippen LogP contribution in [-0.4, -0.2) is 4.98 Å². The first-order valence-corrected chi connectivity index (χ1v) is 4.35. The van der Waals surface area contributed by atoms with Crippen LogP contribution in [0.2, 0.25) is 0 Å². The SMILES string of the molecule is O=c1[nH]c2cccccc-2c1Br. The molecule has 1 heterocycles. The molecule has 0 atom stereocenters. The van der Waals surface area contributed by atoms with Crippen LogP contribution in [0.5, 0.6) is 0 Å². The van der Waals surface area contributed by atoms with Gasteiger partial charge in [0.05, 0.1) is 4.47 Å². The molecule has 1 aliphatic heterocycles. The second-order valence-electron chi connectivity index (χ2n) is 2.51. The van der Waals surface area contributed by atoms with E-state index in [1.54, 1.807) is 0 Å². The lowest BCUT2D eigenvalue weighted by atomic mass is 10.2. The summed E-state index contributed by atoms with van der Waals surface area (Å²) in [6.45, 7) is 0. The van der Waals surface area contributed by atoms with Gasteiger partial charge in [0, 0.05) is 11.3 Å². The molecule has 1 aliphatic carbocycles. The van der Waals surface area contributed by atoms with E-state index >= 15 is 0 Å². The van der Waals surface area contributed by atoms with Gasteiger partial charge in [0.15, 0.2) is 0 Å². The molecule has 2 rings (SSSR count). The van der Waals surface area contributed by atoms with Crippen LogP contribution in [0.15, 0.2) is 39.6 Å². The van der Waals surface area contributed by atoms with Gasteiger partial charge in [-0.05, 0) is 22.0 Å². The Morgan fingerprint density at radius 1 is 1.17 bits per heavy atom. The van der Waals surface area contributed by atoms with E-state index in [1.807, 2.05) is 30.3 Å². The summed E-state index contributed by atoms with van der Waals surface area (Å²) in [5.74, 6) is 0. The molecule has 0 spiro atoms. The van der Waals surface area contributed by atoms with Crippen LogP contribution in [-0.2, 0) is 0 Å². The van der Waals surface area contributed by atoms with E-state index in [-0.39, 0.29) is 5.56 Å². The summed E-state index contributed by atoms with van der Waals surface area (Å²) in [6.07, 6.45) is 0. The van der Waals surface area contributed by atoms with E-state index in [0.29, 0.717) is 4.47 Å². The largest absolute Gasteiger partial charge is 0.321 e. The number of halogens is 1. The summed E-state index contributed by atoms with van der Waals surface area (Å²) in [5.41, 5.74) is 1.71. The molecule has 0 saturated carbocycles. The van der Waals surface area contributed by atoms with Crippen molar-refractivity contribution in [3.63, 3.8) is 0 Å². The Balaban J connectivity index is 2.88. The molecule has 0 aromatic rings. The Bertz CT molecular complexity index is 435. The van der Waals surface area contributed by atoms with E-state index in [2.05, 4.69) is 20.9 Å². The van der Waals surface area contributed by atoms with Crippen molar-refractivity contribution < 1.29 is 0 Å². The van der Waals surface area contributed by atoms with Crippen molar-refractivity contribution in [2.24, 2.45) is 0 Å². The van der Waals surface area contributed by atoms with E-state index < -0.39 is 0 Å². The fraction of sp³-hybridized carbons (Fsp3) is 0. The summed E-state index contributed by atoms with van der Waals surface area (Å²) in [5, 5.41) is 0. The lowest BCUT2D eigenvalue weighted by Gasteiger charge is -1.87. The first kappa shape index (κ1) is 7.55. The highest BCUT2D eigenvalue weighted by atomic mass is 79.9. The zero-order valence-electron chi connectivity index (χ0n) is 6.17. The van der Waals surface area contributed by atoms with E-state index in [0.717, 1.165) is 11.3 Å². The zero-order chi connectivity index (χ0) is 8.55. The van der Waals surface area contributed by atoms with Crippen LogP contribution < -0.4 is 5.56 Å². The van der Waals surface area contributed by atoms with Crippen molar-refractivity contribution in [1.29, 1.82) is 0 Å².